The summed E-state index contributed by atoms with van der Waals surface area (Å²) < 4.78 is 11.7. The minimum Gasteiger partial charge on any atom is -0.490 e. The summed E-state index contributed by atoms with van der Waals surface area (Å²) in [5.41, 5.74) is 2.83. The highest BCUT2D eigenvalue weighted by Gasteiger charge is 2.20. The van der Waals surface area contributed by atoms with E-state index in [1.807, 2.05) is 0 Å². The molecule has 2 heterocycles. The first-order valence-corrected chi connectivity index (χ1v) is 7.90. The molecule has 1 unspecified atom stereocenters. The Hall–Kier alpha value is -1.22. The lowest BCUT2D eigenvalue weighted by molar-refractivity contribution is 0.297. The lowest BCUT2D eigenvalue weighted by Gasteiger charge is -2.19. The van der Waals surface area contributed by atoms with Gasteiger partial charge in [-0.1, -0.05) is 13.8 Å². The minimum absolute atomic E-state index is 0.517. The van der Waals surface area contributed by atoms with Crippen molar-refractivity contribution >= 4 is 0 Å². The van der Waals surface area contributed by atoms with E-state index in [1.54, 1.807) is 0 Å². The van der Waals surface area contributed by atoms with Crippen molar-refractivity contribution in [3.63, 3.8) is 0 Å². The van der Waals surface area contributed by atoms with Crippen LogP contribution in [0.4, 0.5) is 0 Å². The fourth-order valence-corrected chi connectivity index (χ4v) is 3.18. The smallest absolute Gasteiger partial charge is 0.161 e. The van der Waals surface area contributed by atoms with Gasteiger partial charge in [-0.25, -0.2) is 0 Å². The van der Waals surface area contributed by atoms with Gasteiger partial charge in [0, 0.05) is 12.5 Å². The van der Waals surface area contributed by atoms with E-state index in [1.165, 1.54) is 24.0 Å². The summed E-state index contributed by atoms with van der Waals surface area (Å²) in [5, 5.41) is 3.59. The molecule has 1 atom stereocenters. The molecule has 2 aliphatic heterocycles. The Balaban J connectivity index is 1.91. The van der Waals surface area contributed by atoms with E-state index in [4.69, 9.17) is 9.47 Å². The number of hydrogen-bond donors (Lipinski definition) is 1. The minimum atomic E-state index is 0.517. The zero-order valence-electron chi connectivity index (χ0n) is 12.6. The summed E-state index contributed by atoms with van der Waals surface area (Å²) >= 11 is 0. The number of ether oxygens (including phenoxy) is 2. The normalized spacial score (nSPS) is 22.1. The lowest BCUT2D eigenvalue weighted by atomic mass is 9.92. The van der Waals surface area contributed by atoms with Crippen LogP contribution < -0.4 is 14.8 Å². The first-order valence-electron chi connectivity index (χ1n) is 7.90. The van der Waals surface area contributed by atoms with E-state index in [0.717, 1.165) is 44.1 Å². The summed E-state index contributed by atoms with van der Waals surface area (Å²) in [5.74, 6) is 2.37. The molecule has 0 radical (unpaired) electrons. The van der Waals surface area contributed by atoms with Crippen molar-refractivity contribution in [3.05, 3.63) is 23.3 Å². The Morgan fingerprint density at radius 1 is 1.15 bits per heavy atom. The maximum Gasteiger partial charge on any atom is 0.161 e. The molecule has 3 heteroatoms. The molecule has 1 N–H and O–H groups in total. The van der Waals surface area contributed by atoms with Crippen LogP contribution in [0.2, 0.25) is 0 Å². The van der Waals surface area contributed by atoms with E-state index in [2.05, 4.69) is 31.3 Å². The quantitative estimate of drug-likeness (QED) is 0.918. The second-order valence-corrected chi connectivity index (χ2v) is 6.20. The number of rotatable bonds is 3. The van der Waals surface area contributed by atoms with Crippen LogP contribution >= 0.6 is 0 Å². The molecule has 0 amide bonds. The highest BCUT2D eigenvalue weighted by atomic mass is 16.5. The van der Waals surface area contributed by atoms with E-state index >= 15 is 0 Å². The zero-order valence-corrected chi connectivity index (χ0v) is 12.6. The van der Waals surface area contributed by atoms with Gasteiger partial charge >= 0.3 is 0 Å². The molecular weight excluding hydrogens is 250 g/mol. The second kappa shape index (κ2) is 6.04. The summed E-state index contributed by atoms with van der Waals surface area (Å²) in [7, 11) is 0. The number of hydrogen-bond acceptors (Lipinski definition) is 3. The van der Waals surface area contributed by atoms with Gasteiger partial charge in [0.25, 0.3) is 0 Å². The van der Waals surface area contributed by atoms with Gasteiger partial charge in [0.2, 0.25) is 0 Å². The Labute approximate surface area is 121 Å². The largest absolute Gasteiger partial charge is 0.490 e. The van der Waals surface area contributed by atoms with Crippen LogP contribution in [0.1, 0.15) is 50.2 Å². The molecule has 0 saturated carbocycles. The lowest BCUT2D eigenvalue weighted by Crippen LogP contribution is -2.24. The molecule has 1 aromatic rings. The standard InChI is InChI=1S/C17H25NO2/c1-12(2)15-11-17-16(19-7-4-8-20-17)10-13(15)9-14-5-3-6-18-14/h10-12,14,18H,3-9H2,1-2H3. The summed E-state index contributed by atoms with van der Waals surface area (Å²) in [6, 6.07) is 5.04. The van der Waals surface area contributed by atoms with Gasteiger partial charge in [-0.2, -0.15) is 0 Å². The molecule has 1 aromatic carbocycles. The predicted molar refractivity (Wildman–Crippen MR) is 80.9 cm³/mol. The Kier molecular flexibility index (Phi) is 4.16. The van der Waals surface area contributed by atoms with Crippen molar-refractivity contribution in [2.45, 2.75) is 51.5 Å². The first kappa shape index (κ1) is 13.7. The van der Waals surface area contributed by atoms with Gasteiger partial charge in [-0.05, 0) is 55.0 Å². The van der Waals surface area contributed by atoms with Crippen molar-refractivity contribution in [2.24, 2.45) is 0 Å². The van der Waals surface area contributed by atoms with Gasteiger partial charge in [0.05, 0.1) is 13.2 Å². The van der Waals surface area contributed by atoms with Gasteiger partial charge < -0.3 is 14.8 Å². The van der Waals surface area contributed by atoms with Crippen molar-refractivity contribution in [2.75, 3.05) is 19.8 Å². The molecular formula is C17H25NO2. The molecule has 20 heavy (non-hydrogen) atoms. The molecule has 3 rings (SSSR count). The molecule has 3 nitrogen and oxygen atoms in total. The summed E-state index contributed by atoms with van der Waals surface area (Å²) in [6.07, 6.45) is 4.65. The maximum atomic E-state index is 5.84. The fraction of sp³-hybridized carbons (Fsp3) is 0.647. The fourth-order valence-electron chi connectivity index (χ4n) is 3.18. The van der Waals surface area contributed by atoms with Crippen LogP contribution in [0.5, 0.6) is 11.5 Å². The molecule has 1 saturated heterocycles. The Morgan fingerprint density at radius 2 is 1.90 bits per heavy atom. The highest BCUT2D eigenvalue weighted by molar-refractivity contribution is 5.49. The Morgan fingerprint density at radius 3 is 2.55 bits per heavy atom. The first-order chi connectivity index (χ1) is 9.74. The molecule has 110 valence electrons. The van der Waals surface area contributed by atoms with E-state index < -0.39 is 0 Å². The van der Waals surface area contributed by atoms with E-state index in [9.17, 15) is 0 Å². The van der Waals surface area contributed by atoms with Crippen molar-refractivity contribution in [1.82, 2.24) is 5.32 Å². The van der Waals surface area contributed by atoms with Gasteiger partial charge in [0.15, 0.2) is 11.5 Å². The number of fused-ring (bicyclic) bond motifs is 1. The number of benzene rings is 1. The van der Waals surface area contributed by atoms with Crippen LogP contribution in [0.25, 0.3) is 0 Å². The summed E-state index contributed by atoms with van der Waals surface area (Å²) in [6.45, 7) is 7.19. The third-order valence-electron chi connectivity index (χ3n) is 4.26. The van der Waals surface area contributed by atoms with Crippen LogP contribution in [0.3, 0.4) is 0 Å². The molecule has 1 fully saturated rings. The van der Waals surface area contributed by atoms with Crippen LogP contribution in [-0.4, -0.2) is 25.8 Å². The maximum absolute atomic E-state index is 5.84. The second-order valence-electron chi connectivity index (χ2n) is 6.20. The van der Waals surface area contributed by atoms with Crippen LogP contribution in [0.15, 0.2) is 12.1 Å². The Bertz CT molecular complexity index is 464. The number of nitrogens with one attached hydrogen (secondary N) is 1. The van der Waals surface area contributed by atoms with Crippen LogP contribution in [-0.2, 0) is 6.42 Å². The van der Waals surface area contributed by atoms with Gasteiger partial charge in [-0.15, -0.1) is 0 Å². The molecule has 2 aliphatic rings. The highest BCUT2D eigenvalue weighted by Crippen LogP contribution is 2.36. The van der Waals surface area contributed by atoms with Crippen molar-refractivity contribution in [1.29, 1.82) is 0 Å². The molecule has 0 aromatic heterocycles. The molecule has 0 spiro atoms. The van der Waals surface area contributed by atoms with Crippen LogP contribution in [0, 0.1) is 0 Å². The van der Waals surface area contributed by atoms with E-state index in [0.29, 0.717) is 12.0 Å². The van der Waals surface area contributed by atoms with E-state index in [-0.39, 0.29) is 0 Å². The summed E-state index contributed by atoms with van der Waals surface area (Å²) in [4.78, 5) is 0. The zero-order chi connectivity index (χ0) is 13.9. The van der Waals surface area contributed by atoms with Crippen molar-refractivity contribution in [3.8, 4) is 11.5 Å². The molecule has 0 bridgehead atoms. The SMILES string of the molecule is CC(C)c1cc2c(cc1CC1CCCN1)OCCCO2. The van der Waals surface area contributed by atoms with Gasteiger partial charge in [0.1, 0.15) is 0 Å². The van der Waals surface area contributed by atoms with Gasteiger partial charge in [-0.3, -0.25) is 0 Å². The van der Waals surface area contributed by atoms with Crippen molar-refractivity contribution < 1.29 is 9.47 Å². The monoisotopic (exact) mass is 275 g/mol. The third kappa shape index (κ3) is 2.93. The predicted octanol–water partition coefficient (Wildman–Crippen LogP) is 3.27. The average molecular weight is 275 g/mol. The molecule has 0 aliphatic carbocycles. The average Bonchev–Trinajstić information content (AvgIpc) is 2.82. The topological polar surface area (TPSA) is 30.5 Å². The third-order valence-corrected chi connectivity index (χ3v) is 4.26.